The first kappa shape index (κ1) is 12.1. The molecule has 1 aromatic heterocycles. The lowest BCUT2D eigenvalue weighted by atomic mass is 9.75. The molecule has 2 rings (SSSR count). The van der Waals surface area contributed by atoms with E-state index in [9.17, 15) is 0 Å². The van der Waals surface area contributed by atoms with E-state index >= 15 is 0 Å². The summed E-state index contributed by atoms with van der Waals surface area (Å²) in [5.41, 5.74) is 0.554. The first-order chi connectivity index (χ1) is 7.66. The Morgan fingerprint density at radius 3 is 3.06 bits per heavy atom. The van der Waals surface area contributed by atoms with Crippen LogP contribution in [0.3, 0.4) is 0 Å². The summed E-state index contributed by atoms with van der Waals surface area (Å²) < 4.78 is 0. The van der Waals surface area contributed by atoms with Gasteiger partial charge in [-0.25, -0.2) is 0 Å². The lowest BCUT2D eigenvalue weighted by molar-refractivity contribution is 0.199. The van der Waals surface area contributed by atoms with Crippen molar-refractivity contribution < 1.29 is 0 Å². The second-order valence-corrected chi connectivity index (χ2v) is 6.77. The van der Waals surface area contributed by atoms with Crippen molar-refractivity contribution in [2.75, 3.05) is 6.54 Å². The summed E-state index contributed by atoms with van der Waals surface area (Å²) in [7, 11) is 0. The van der Waals surface area contributed by atoms with Gasteiger partial charge < -0.3 is 5.32 Å². The van der Waals surface area contributed by atoms with Gasteiger partial charge in [-0.05, 0) is 42.5 Å². The van der Waals surface area contributed by atoms with E-state index in [2.05, 4.69) is 36.7 Å². The van der Waals surface area contributed by atoms with Crippen LogP contribution in [0.5, 0.6) is 0 Å². The minimum atomic E-state index is 0.554. The Morgan fingerprint density at radius 2 is 2.38 bits per heavy atom. The van der Waals surface area contributed by atoms with Gasteiger partial charge in [0.1, 0.15) is 0 Å². The van der Waals surface area contributed by atoms with Crippen molar-refractivity contribution in [3.05, 3.63) is 22.4 Å². The highest BCUT2D eigenvalue weighted by Crippen LogP contribution is 2.34. The van der Waals surface area contributed by atoms with Crippen molar-refractivity contribution in [1.29, 1.82) is 0 Å². The molecule has 1 aromatic rings. The molecule has 1 N–H and O–H groups in total. The lowest BCUT2D eigenvalue weighted by Crippen LogP contribution is -2.38. The summed E-state index contributed by atoms with van der Waals surface area (Å²) in [5.74, 6) is 0. The van der Waals surface area contributed by atoms with Gasteiger partial charge in [-0.15, -0.1) is 11.3 Å². The van der Waals surface area contributed by atoms with Crippen LogP contribution in [-0.4, -0.2) is 12.6 Å². The van der Waals surface area contributed by atoms with E-state index < -0.39 is 0 Å². The highest BCUT2D eigenvalue weighted by atomic mass is 32.1. The molecular formula is C14H23NS. The van der Waals surface area contributed by atoms with E-state index in [1.165, 1.54) is 37.0 Å². The number of nitrogens with one attached hydrogen (secondary N) is 1. The molecule has 1 heterocycles. The Balaban J connectivity index is 1.70. The summed E-state index contributed by atoms with van der Waals surface area (Å²) in [6.07, 6.45) is 6.69. The maximum Gasteiger partial charge on any atom is 0.00722 e. The monoisotopic (exact) mass is 237 g/mol. The van der Waals surface area contributed by atoms with Gasteiger partial charge in [0.15, 0.2) is 0 Å². The van der Waals surface area contributed by atoms with E-state index in [4.69, 9.17) is 0 Å². The maximum atomic E-state index is 3.72. The second-order valence-electron chi connectivity index (χ2n) is 5.74. The third kappa shape index (κ3) is 3.60. The summed E-state index contributed by atoms with van der Waals surface area (Å²) in [6.45, 7) is 5.95. The molecule has 16 heavy (non-hydrogen) atoms. The zero-order valence-corrected chi connectivity index (χ0v) is 11.3. The van der Waals surface area contributed by atoms with Crippen molar-refractivity contribution in [2.24, 2.45) is 5.41 Å². The van der Waals surface area contributed by atoms with Gasteiger partial charge in [0.25, 0.3) is 0 Å². The predicted octanol–water partition coefficient (Wildman–Crippen LogP) is 3.85. The van der Waals surface area contributed by atoms with Gasteiger partial charge in [-0.3, -0.25) is 0 Å². The van der Waals surface area contributed by atoms with Crippen LogP contribution in [-0.2, 0) is 6.42 Å². The van der Waals surface area contributed by atoms with Crippen LogP contribution in [0.25, 0.3) is 0 Å². The Kier molecular flexibility index (Phi) is 4.04. The van der Waals surface area contributed by atoms with Crippen LogP contribution >= 0.6 is 11.3 Å². The minimum absolute atomic E-state index is 0.554. The van der Waals surface area contributed by atoms with Crippen molar-refractivity contribution in [3.8, 4) is 0 Å². The third-order valence-corrected chi connectivity index (χ3v) is 4.53. The average molecular weight is 237 g/mol. The molecule has 1 nitrogen and oxygen atoms in total. The van der Waals surface area contributed by atoms with Crippen molar-refractivity contribution in [1.82, 2.24) is 5.32 Å². The Bertz CT molecular complexity index is 303. The molecule has 1 aliphatic rings. The van der Waals surface area contributed by atoms with Crippen LogP contribution in [0.2, 0.25) is 0 Å². The van der Waals surface area contributed by atoms with Crippen molar-refractivity contribution in [3.63, 3.8) is 0 Å². The molecule has 1 atom stereocenters. The Morgan fingerprint density at radius 1 is 1.50 bits per heavy atom. The third-order valence-electron chi connectivity index (χ3n) is 3.59. The molecule has 0 spiro atoms. The quantitative estimate of drug-likeness (QED) is 0.839. The minimum Gasteiger partial charge on any atom is -0.314 e. The number of hydrogen-bond donors (Lipinski definition) is 1. The van der Waals surface area contributed by atoms with E-state index in [1.807, 2.05) is 11.3 Å². The summed E-state index contributed by atoms with van der Waals surface area (Å²) in [5, 5.41) is 5.89. The fourth-order valence-electron chi connectivity index (χ4n) is 2.73. The zero-order valence-electron chi connectivity index (χ0n) is 10.5. The van der Waals surface area contributed by atoms with Gasteiger partial charge >= 0.3 is 0 Å². The molecule has 1 unspecified atom stereocenters. The van der Waals surface area contributed by atoms with Crippen LogP contribution in [0, 0.1) is 5.41 Å². The zero-order chi connectivity index (χ0) is 11.4. The normalized spacial score (nSPS) is 24.5. The smallest absolute Gasteiger partial charge is 0.00722 e. The van der Waals surface area contributed by atoms with Gasteiger partial charge in [0.05, 0.1) is 0 Å². The molecule has 0 aliphatic heterocycles. The summed E-state index contributed by atoms with van der Waals surface area (Å²) >= 11 is 1.87. The van der Waals surface area contributed by atoms with Gasteiger partial charge in [-0.2, -0.15) is 0 Å². The summed E-state index contributed by atoms with van der Waals surface area (Å²) in [4.78, 5) is 1.50. The van der Waals surface area contributed by atoms with Crippen LogP contribution in [0.15, 0.2) is 17.5 Å². The molecule has 2 heteroatoms. The average Bonchev–Trinajstić information content (AvgIpc) is 2.69. The largest absolute Gasteiger partial charge is 0.314 e. The van der Waals surface area contributed by atoms with Gasteiger partial charge in [-0.1, -0.05) is 26.3 Å². The van der Waals surface area contributed by atoms with Gasteiger partial charge in [0.2, 0.25) is 0 Å². The van der Waals surface area contributed by atoms with Crippen LogP contribution < -0.4 is 5.32 Å². The van der Waals surface area contributed by atoms with Gasteiger partial charge in [0, 0.05) is 17.5 Å². The number of hydrogen-bond acceptors (Lipinski definition) is 2. The molecule has 1 saturated carbocycles. The fraction of sp³-hybridized carbons (Fsp3) is 0.714. The standard InChI is InChI=1S/C14H23NS/c1-14(2)8-3-5-12(11-14)15-9-7-13-6-4-10-16-13/h4,6,10,12,15H,3,5,7-9,11H2,1-2H3. The Hall–Kier alpha value is -0.340. The van der Waals surface area contributed by atoms with Crippen molar-refractivity contribution in [2.45, 2.75) is 52.0 Å². The summed E-state index contributed by atoms with van der Waals surface area (Å²) in [6, 6.07) is 5.13. The molecule has 0 saturated heterocycles. The molecule has 90 valence electrons. The lowest BCUT2D eigenvalue weighted by Gasteiger charge is -2.35. The highest BCUT2D eigenvalue weighted by Gasteiger charge is 2.27. The van der Waals surface area contributed by atoms with Crippen molar-refractivity contribution >= 4 is 11.3 Å². The molecule has 1 aliphatic carbocycles. The van der Waals surface area contributed by atoms with E-state index in [0.29, 0.717) is 5.41 Å². The van der Waals surface area contributed by atoms with E-state index in [0.717, 1.165) is 12.6 Å². The maximum absolute atomic E-state index is 3.72. The highest BCUT2D eigenvalue weighted by molar-refractivity contribution is 7.09. The van der Waals surface area contributed by atoms with Crippen LogP contribution in [0.4, 0.5) is 0 Å². The topological polar surface area (TPSA) is 12.0 Å². The molecular weight excluding hydrogens is 214 g/mol. The predicted molar refractivity (Wildman–Crippen MR) is 72.1 cm³/mol. The second kappa shape index (κ2) is 5.33. The molecule has 0 aromatic carbocycles. The fourth-order valence-corrected chi connectivity index (χ4v) is 3.44. The first-order valence-corrected chi connectivity index (χ1v) is 7.29. The number of rotatable bonds is 4. The van der Waals surface area contributed by atoms with E-state index in [1.54, 1.807) is 0 Å². The Labute approximate surface area is 103 Å². The number of thiophene rings is 1. The molecule has 0 radical (unpaired) electrons. The first-order valence-electron chi connectivity index (χ1n) is 6.41. The molecule has 0 bridgehead atoms. The van der Waals surface area contributed by atoms with E-state index in [-0.39, 0.29) is 0 Å². The van der Waals surface area contributed by atoms with Crippen LogP contribution in [0.1, 0.15) is 44.4 Å². The SMILES string of the molecule is CC1(C)CCCC(NCCc2cccs2)C1. The molecule has 0 amide bonds. The molecule has 1 fully saturated rings.